The van der Waals surface area contributed by atoms with E-state index in [2.05, 4.69) is 94.8 Å². The molecule has 1 heterocycles. The van der Waals surface area contributed by atoms with Gasteiger partial charge >= 0.3 is 0 Å². The van der Waals surface area contributed by atoms with Crippen LogP contribution in [0, 0.1) is 0 Å². The lowest BCUT2D eigenvalue weighted by Crippen LogP contribution is -1.79. The van der Waals surface area contributed by atoms with Crippen molar-refractivity contribution >= 4 is 37.4 Å². The molecule has 3 aromatic carbocycles. The Morgan fingerprint density at radius 3 is 1.95 bits per heavy atom. The normalized spacial score (nSPS) is 11.0. The van der Waals surface area contributed by atoms with Crippen molar-refractivity contribution in [2.24, 2.45) is 0 Å². The summed E-state index contributed by atoms with van der Waals surface area (Å²) in [5.74, 6) is 0. The van der Waals surface area contributed by atoms with Gasteiger partial charge in [-0.2, -0.15) is 0 Å². The second kappa shape index (κ2) is 5.71. The van der Waals surface area contributed by atoms with Crippen molar-refractivity contribution in [3.05, 3.63) is 82.6 Å². The SMILES string of the molecule is Brc1sc2ccc(-c3ccccc3)cc2c1-c1ccccc1. The third kappa shape index (κ3) is 2.39. The Balaban J connectivity index is 1.96. The molecule has 0 radical (unpaired) electrons. The molecular formula is C20H13BrS. The van der Waals surface area contributed by atoms with E-state index in [0.717, 1.165) is 0 Å². The van der Waals surface area contributed by atoms with Gasteiger partial charge in [-0.3, -0.25) is 0 Å². The number of rotatable bonds is 2. The van der Waals surface area contributed by atoms with E-state index < -0.39 is 0 Å². The molecule has 0 saturated carbocycles. The Morgan fingerprint density at radius 2 is 1.27 bits per heavy atom. The number of benzene rings is 3. The van der Waals surface area contributed by atoms with Crippen molar-refractivity contribution < 1.29 is 0 Å². The molecule has 0 aliphatic rings. The molecule has 22 heavy (non-hydrogen) atoms. The van der Waals surface area contributed by atoms with Crippen molar-refractivity contribution in [2.45, 2.75) is 0 Å². The third-order valence-corrected chi connectivity index (χ3v) is 5.66. The predicted molar refractivity (Wildman–Crippen MR) is 100 cm³/mol. The fraction of sp³-hybridized carbons (Fsp3) is 0. The average Bonchev–Trinajstić information content (AvgIpc) is 2.91. The van der Waals surface area contributed by atoms with E-state index in [-0.39, 0.29) is 0 Å². The first-order chi connectivity index (χ1) is 10.8. The summed E-state index contributed by atoms with van der Waals surface area (Å²) in [6, 6.07) is 27.8. The van der Waals surface area contributed by atoms with E-state index in [0.29, 0.717) is 0 Å². The smallest absolute Gasteiger partial charge is 0.0789 e. The zero-order chi connectivity index (χ0) is 14.9. The van der Waals surface area contributed by atoms with Gasteiger partial charge in [0.1, 0.15) is 0 Å². The maximum Gasteiger partial charge on any atom is 0.0789 e. The Kier molecular flexibility index (Phi) is 3.57. The molecule has 0 aliphatic carbocycles. The van der Waals surface area contributed by atoms with Gasteiger partial charge in [0.25, 0.3) is 0 Å². The maximum atomic E-state index is 3.75. The molecule has 0 unspecified atom stereocenters. The largest absolute Gasteiger partial charge is 0.128 e. The quantitative estimate of drug-likeness (QED) is 0.359. The fourth-order valence-electron chi connectivity index (χ4n) is 2.75. The Labute approximate surface area is 142 Å². The van der Waals surface area contributed by atoms with Crippen LogP contribution in [0.2, 0.25) is 0 Å². The van der Waals surface area contributed by atoms with Crippen LogP contribution in [0.25, 0.3) is 32.3 Å². The van der Waals surface area contributed by atoms with Crippen LogP contribution < -0.4 is 0 Å². The second-order valence-electron chi connectivity index (χ2n) is 5.19. The van der Waals surface area contributed by atoms with Crippen molar-refractivity contribution in [3.63, 3.8) is 0 Å². The molecule has 0 nitrogen and oxygen atoms in total. The minimum atomic E-state index is 1.19. The van der Waals surface area contributed by atoms with Gasteiger partial charge in [-0.1, -0.05) is 66.7 Å². The van der Waals surface area contributed by atoms with Crippen LogP contribution in [0.4, 0.5) is 0 Å². The molecule has 0 atom stereocenters. The summed E-state index contributed by atoms with van der Waals surface area (Å²) in [6.07, 6.45) is 0. The van der Waals surface area contributed by atoms with Gasteiger partial charge in [-0.15, -0.1) is 11.3 Å². The van der Waals surface area contributed by atoms with E-state index in [1.807, 2.05) is 0 Å². The van der Waals surface area contributed by atoms with Gasteiger partial charge in [-0.05, 0) is 44.8 Å². The summed E-state index contributed by atoms with van der Waals surface area (Å²) >= 11 is 5.54. The van der Waals surface area contributed by atoms with Gasteiger partial charge in [0, 0.05) is 15.6 Å². The van der Waals surface area contributed by atoms with Crippen LogP contribution in [0.5, 0.6) is 0 Å². The maximum absolute atomic E-state index is 3.75. The van der Waals surface area contributed by atoms with Crippen molar-refractivity contribution in [1.82, 2.24) is 0 Å². The molecule has 1 aromatic heterocycles. The molecular weight excluding hydrogens is 352 g/mol. The van der Waals surface area contributed by atoms with Gasteiger partial charge < -0.3 is 0 Å². The molecule has 106 valence electrons. The van der Waals surface area contributed by atoms with Crippen molar-refractivity contribution in [3.8, 4) is 22.3 Å². The number of fused-ring (bicyclic) bond motifs is 1. The molecule has 0 bridgehead atoms. The average molecular weight is 365 g/mol. The highest BCUT2D eigenvalue weighted by atomic mass is 79.9. The minimum Gasteiger partial charge on any atom is -0.128 e. The molecule has 0 fully saturated rings. The van der Waals surface area contributed by atoms with Crippen molar-refractivity contribution in [1.29, 1.82) is 0 Å². The van der Waals surface area contributed by atoms with Crippen LogP contribution in [-0.2, 0) is 0 Å². The molecule has 0 amide bonds. The second-order valence-corrected chi connectivity index (χ2v) is 7.56. The van der Waals surface area contributed by atoms with E-state index in [4.69, 9.17) is 0 Å². The molecule has 0 aliphatic heterocycles. The van der Waals surface area contributed by atoms with Gasteiger partial charge in [-0.25, -0.2) is 0 Å². The van der Waals surface area contributed by atoms with Crippen molar-refractivity contribution in [2.75, 3.05) is 0 Å². The minimum absolute atomic E-state index is 1.19. The number of halogens is 1. The number of hydrogen-bond donors (Lipinski definition) is 0. The van der Waals surface area contributed by atoms with E-state index in [1.54, 1.807) is 11.3 Å². The summed E-state index contributed by atoms with van der Waals surface area (Å²) in [4.78, 5) is 0. The van der Waals surface area contributed by atoms with Gasteiger partial charge in [0.2, 0.25) is 0 Å². The zero-order valence-electron chi connectivity index (χ0n) is 11.8. The van der Waals surface area contributed by atoms with Gasteiger partial charge in [0.05, 0.1) is 3.79 Å². The summed E-state index contributed by atoms with van der Waals surface area (Å²) < 4.78 is 2.50. The zero-order valence-corrected chi connectivity index (χ0v) is 14.2. The summed E-state index contributed by atoms with van der Waals surface area (Å²) in [6.45, 7) is 0. The first kappa shape index (κ1) is 13.7. The number of hydrogen-bond acceptors (Lipinski definition) is 1. The van der Waals surface area contributed by atoms with E-state index >= 15 is 0 Å². The van der Waals surface area contributed by atoms with Crippen LogP contribution in [0.15, 0.2) is 82.6 Å². The fourth-order valence-corrected chi connectivity index (χ4v) is 4.65. The first-order valence-electron chi connectivity index (χ1n) is 7.16. The monoisotopic (exact) mass is 364 g/mol. The number of thiophene rings is 1. The van der Waals surface area contributed by atoms with Crippen LogP contribution in [0.1, 0.15) is 0 Å². The Morgan fingerprint density at radius 1 is 0.636 bits per heavy atom. The molecule has 4 aromatic rings. The van der Waals surface area contributed by atoms with E-state index in [1.165, 1.54) is 36.1 Å². The summed E-state index contributed by atoms with van der Waals surface area (Å²) in [7, 11) is 0. The predicted octanol–water partition coefficient (Wildman–Crippen LogP) is 7.00. The molecule has 4 rings (SSSR count). The third-order valence-electron chi connectivity index (χ3n) is 3.81. The molecule has 0 N–H and O–H groups in total. The molecule has 0 spiro atoms. The van der Waals surface area contributed by atoms with E-state index in [9.17, 15) is 0 Å². The lowest BCUT2D eigenvalue weighted by molar-refractivity contribution is 1.65. The Hall–Kier alpha value is -1.90. The van der Waals surface area contributed by atoms with Crippen LogP contribution >= 0.6 is 27.3 Å². The molecule has 2 heteroatoms. The van der Waals surface area contributed by atoms with Gasteiger partial charge in [0.15, 0.2) is 0 Å². The highest BCUT2D eigenvalue weighted by Crippen LogP contribution is 2.43. The highest BCUT2D eigenvalue weighted by molar-refractivity contribution is 9.11. The summed E-state index contributed by atoms with van der Waals surface area (Å²) in [5.41, 5.74) is 5.06. The Bertz CT molecular complexity index is 924. The standard InChI is InChI=1S/C20H13BrS/c21-20-19(15-9-5-2-6-10-15)17-13-16(11-12-18(17)22-20)14-7-3-1-4-8-14/h1-13H. The summed E-state index contributed by atoms with van der Waals surface area (Å²) in [5, 5.41) is 1.31. The highest BCUT2D eigenvalue weighted by Gasteiger charge is 2.12. The lowest BCUT2D eigenvalue weighted by atomic mass is 10.00. The van der Waals surface area contributed by atoms with Crippen LogP contribution in [-0.4, -0.2) is 0 Å². The lowest BCUT2D eigenvalue weighted by Gasteiger charge is -2.04. The topological polar surface area (TPSA) is 0 Å². The van der Waals surface area contributed by atoms with Crippen LogP contribution in [0.3, 0.4) is 0 Å². The first-order valence-corrected chi connectivity index (χ1v) is 8.77. The molecule has 0 saturated heterocycles.